The molecular weight excluding hydrogens is 288 g/mol. The summed E-state index contributed by atoms with van der Waals surface area (Å²) in [4.78, 5) is 0. The van der Waals surface area contributed by atoms with Gasteiger partial charge in [0.1, 0.15) is 0 Å². The Kier molecular flexibility index (Phi) is 5.25. The third kappa shape index (κ3) is 3.16. The molecule has 1 aromatic rings. The smallest absolute Gasteiger partial charge is 0.0576 e. The van der Waals surface area contributed by atoms with Gasteiger partial charge in [0.2, 0.25) is 0 Å². The molecule has 0 spiro atoms. The highest BCUT2D eigenvalue weighted by Crippen LogP contribution is 2.36. The van der Waals surface area contributed by atoms with Gasteiger partial charge in [0.15, 0.2) is 0 Å². The van der Waals surface area contributed by atoms with Gasteiger partial charge in [0.05, 0.1) is 6.10 Å². The molecule has 1 fully saturated rings. The summed E-state index contributed by atoms with van der Waals surface area (Å²) in [5.41, 5.74) is 1.73. The predicted octanol–water partition coefficient (Wildman–Crippen LogP) is 4.69. The summed E-state index contributed by atoms with van der Waals surface area (Å²) in [5, 5.41) is 1.03. The summed E-state index contributed by atoms with van der Waals surface area (Å²) >= 11 is 3.74. The van der Waals surface area contributed by atoms with Crippen LogP contribution in [-0.4, -0.2) is 18.0 Å². The Bertz CT molecular complexity index is 339. The van der Waals surface area contributed by atoms with E-state index >= 15 is 0 Å². The van der Waals surface area contributed by atoms with E-state index in [2.05, 4.69) is 53.2 Å². The van der Waals surface area contributed by atoms with Gasteiger partial charge in [-0.15, -0.1) is 0 Å². The van der Waals surface area contributed by atoms with Crippen molar-refractivity contribution in [1.82, 2.24) is 0 Å². The molecule has 1 heterocycles. The zero-order valence-corrected chi connectivity index (χ0v) is 12.8. The zero-order valence-electron chi connectivity index (χ0n) is 11.2. The maximum absolute atomic E-state index is 5.76. The molecule has 1 saturated heterocycles. The van der Waals surface area contributed by atoms with E-state index in [4.69, 9.17) is 4.74 Å². The lowest BCUT2D eigenvalue weighted by atomic mass is 9.75. The van der Waals surface area contributed by atoms with E-state index < -0.39 is 0 Å². The number of hydrogen-bond acceptors (Lipinski definition) is 1. The second-order valence-electron chi connectivity index (χ2n) is 5.31. The van der Waals surface area contributed by atoms with Crippen molar-refractivity contribution in [3.05, 3.63) is 35.9 Å². The standard InChI is InChI=1S/C16H23BrO/c1-2-16(13-17,14-7-4-3-5-8-14)11-10-15-9-6-12-18-15/h3-5,7-8,15H,2,6,9-13H2,1H3. The van der Waals surface area contributed by atoms with Gasteiger partial charge >= 0.3 is 0 Å². The van der Waals surface area contributed by atoms with E-state index in [1.54, 1.807) is 0 Å². The fourth-order valence-corrected chi connectivity index (χ4v) is 3.87. The molecule has 0 saturated carbocycles. The SMILES string of the molecule is CCC(CBr)(CCC1CCCO1)c1ccccc1. The highest BCUT2D eigenvalue weighted by molar-refractivity contribution is 9.09. The molecular formula is C16H23BrO. The molecule has 2 heteroatoms. The number of alkyl halides is 1. The van der Waals surface area contributed by atoms with Crippen LogP contribution in [-0.2, 0) is 10.2 Å². The summed E-state index contributed by atoms with van der Waals surface area (Å²) in [5.74, 6) is 0. The van der Waals surface area contributed by atoms with E-state index in [1.165, 1.54) is 37.7 Å². The van der Waals surface area contributed by atoms with Crippen LogP contribution in [0, 0.1) is 0 Å². The molecule has 0 radical (unpaired) electrons. The van der Waals surface area contributed by atoms with E-state index in [9.17, 15) is 0 Å². The summed E-state index contributed by atoms with van der Waals surface area (Å²) < 4.78 is 5.76. The van der Waals surface area contributed by atoms with Crippen LogP contribution >= 0.6 is 15.9 Å². The van der Waals surface area contributed by atoms with Crippen LogP contribution in [0.3, 0.4) is 0 Å². The minimum atomic E-state index is 0.271. The van der Waals surface area contributed by atoms with Crippen LogP contribution in [0.4, 0.5) is 0 Å². The van der Waals surface area contributed by atoms with Crippen LogP contribution < -0.4 is 0 Å². The number of halogens is 1. The van der Waals surface area contributed by atoms with Crippen molar-refractivity contribution in [2.24, 2.45) is 0 Å². The second kappa shape index (κ2) is 6.72. The number of benzene rings is 1. The van der Waals surface area contributed by atoms with Crippen LogP contribution in [0.1, 0.15) is 44.6 Å². The molecule has 18 heavy (non-hydrogen) atoms. The van der Waals surface area contributed by atoms with Gasteiger partial charge in [0.25, 0.3) is 0 Å². The topological polar surface area (TPSA) is 9.23 Å². The summed E-state index contributed by atoms with van der Waals surface area (Å²) in [7, 11) is 0. The van der Waals surface area contributed by atoms with Crippen molar-refractivity contribution in [2.75, 3.05) is 11.9 Å². The molecule has 2 unspecified atom stereocenters. The Hall–Kier alpha value is -0.340. The van der Waals surface area contributed by atoms with Crippen molar-refractivity contribution < 1.29 is 4.74 Å². The van der Waals surface area contributed by atoms with Gasteiger partial charge in [-0.25, -0.2) is 0 Å². The molecule has 2 atom stereocenters. The number of ether oxygens (including phenoxy) is 1. The van der Waals surface area contributed by atoms with Crippen LogP contribution in [0.15, 0.2) is 30.3 Å². The normalized spacial score (nSPS) is 22.9. The van der Waals surface area contributed by atoms with Crippen molar-refractivity contribution in [3.63, 3.8) is 0 Å². The summed E-state index contributed by atoms with van der Waals surface area (Å²) in [6.45, 7) is 3.26. The summed E-state index contributed by atoms with van der Waals surface area (Å²) in [6, 6.07) is 10.9. The maximum Gasteiger partial charge on any atom is 0.0576 e. The van der Waals surface area contributed by atoms with Crippen LogP contribution in [0.5, 0.6) is 0 Å². The lowest BCUT2D eigenvalue weighted by molar-refractivity contribution is 0.0964. The molecule has 2 rings (SSSR count). The maximum atomic E-state index is 5.76. The average molecular weight is 311 g/mol. The first-order valence-electron chi connectivity index (χ1n) is 7.04. The molecule has 1 nitrogen and oxygen atoms in total. The van der Waals surface area contributed by atoms with Gasteiger partial charge in [-0.05, 0) is 37.7 Å². The molecule has 0 aliphatic carbocycles. The van der Waals surface area contributed by atoms with Gasteiger partial charge in [-0.1, -0.05) is 53.2 Å². The average Bonchev–Trinajstić information content (AvgIpc) is 2.95. The third-order valence-electron chi connectivity index (χ3n) is 4.29. The predicted molar refractivity (Wildman–Crippen MR) is 80.4 cm³/mol. The van der Waals surface area contributed by atoms with E-state index in [1.807, 2.05) is 0 Å². The number of hydrogen-bond donors (Lipinski definition) is 0. The van der Waals surface area contributed by atoms with Gasteiger partial charge in [-0.3, -0.25) is 0 Å². The highest BCUT2D eigenvalue weighted by Gasteiger charge is 2.30. The Balaban J connectivity index is 2.06. The Morgan fingerprint density at radius 2 is 2.11 bits per heavy atom. The first-order chi connectivity index (χ1) is 8.80. The highest BCUT2D eigenvalue weighted by atomic mass is 79.9. The van der Waals surface area contributed by atoms with Crippen molar-refractivity contribution >= 4 is 15.9 Å². The van der Waals surface area contributed by atoms with Crippen LogP contribution in [0.25, 0.3) is 0 Å². The van der Waals surface area contributed by atoms with E-state index in [0.29, 0.717) is 6.10 Å². The molecule has 0 amide bonds. The van der Waals surface area contributed by atoms with Gasteiger partial charge < -0.3 is 4.74 Å². The summed E-state index contributed by atoms with van der Waals surface area (Å²) in [6.07, 6.45) is 6.56. The third-order valence-corrected chi connectivity index (χ3v) is 5.36. The minimum absolute atomic E-state index is 0.271. The number of rotatable bonds is 6. The first-order valence-corrected chi connectivity index (χ1v) is 8.16. The molecule has 0 N–H and O–H groups in total. The van der Waals surface area contributed by atoms with E-state index in [-0.39, 0.29) is 5.41 Å². The van der Waals surface area contributed by atoms with Gasteiger partial charge in [0, 0.05) is 17.4 Å². The molecule has 1 aliphatic rings. The fraction of sp³-hybridized carbons (Fsp3) is 0.625. The monoisotopic (exact) mass is 310 g/mol. The van der Waals surface area contributed by atoms with Crippen molar-refractivity contribution in [1.29, 1.82) is 0 Å². The molecule has 100 valence electrons. The quantitative estimate of drug-likeness (QED) is 0.693. The largest absolute Gasteiger partial charge is 0.378 e. The second-order valence-corrected chi connectivity index (χ2v) is 5.87. The van der Waals surface area contributed by atoms with Crippen molar-refractivity contribution in [3.8, 4) is 0 Å². The molecule has 1 aliphatic heterocycles. The lowest BCUT2D eigenvalue weighted by Crippen LogP contribution is -2.28. The zero-order chi connectivity index (χ0) is 12.8. The minimum Gasteiger partial charge on any atom is -0.378 e. The molecule has 1 aromatic carbocycles. The fourth-order valence-electron chi connectivity index (χ4n) is 2.86. The van der Waals surface area contributed by atoms with Crippen LogP contribution in [0.2, 0.25) is 0 Å². The molecule has 0 aromatic heterocycles. The Morgan fingerprint density at radius 1 is 1.33 bits per heavy atom. The van der Waals surface area contributed by atoms with E-state index in [0.717, 1.165) is 11.9 Å². The Labute approximate surface area is 119 Å². The Morgan fingerprint density at radius 3 is 2.67 bits per heavy atom. The van der Waals surface area contributed by atoms with Crippen molar-refractivity contribution in [2.45, 2.75) is 50.5 Å². The lowest BCUT2D eigenvalue weighted by Gasteiger charge is -2.32. The van der Waals surface area contributed by atoms with Gasteiger partial charge in [-0.2, -0.15) is 0 Å². The molecule has 0 bridgehead atoms. The first kappa shape index (κ1) is 14.1.